The van der Waals surface area contributed by atoms with Crippen LogP contribution >= 0.6 is 11.3 Å². The van der Waals surface area contributed by atoms with E-state index in [1.165, 1.54) is 0 Å². The van der Waals surface area contributed by atoms with Crippen molar-refractivity contribution in [2.24, 2.45) is 7.05 Å². The van der Waals surface area contributed by atoms with Gasteiger partial charge >= 0.3 is 5.97 Å². The van der Waals surface area contributed by atoms with Gasteiger partial charge in [0, 0.05) is 7.05 Å². The van der Waals surface area contributed by atoms with Crippen molar-refractivity contribution in [3.8, 4) is 5.75 Å². The molecular weight excluding hydrogens is 230 g/mol. The summed E-state index contributed by atoms with van der Waals surface area (Å²) in [6.45, 7) is 0.202. The molecule has 0 bridgehead atoms. The summed E-state index contributed by atoms with van der Waals surface area (Å²) >= 11 is 1.13. The predicted molar refractivity (Wildman–Crippen MR) is 56.6 cm³/mol. The van der Waals surface area contributed by atoms with Crippen molar-refractivity contribution in [2.75, 3.05) is 0 Å². The lowest BCUT2D eigenvalue weighted by atomic mass is 10.4. The molecule has 0 saturated carbocycles. The number of rotatable bonds is 4. The molecule has 6 nitrogen and oxygen atoms in total. The first-order valence-corrected chi connectivity index (χ1v) is 5.33. The third-order valence-corrected chi connectivity index (χ3v) is 2.87. The lowest BCUT2D eigenvalue weighted by Gasteiger charge is -2.04. The van der Waals surface area contributed by atoms with Crippen molar-refractivity contribution < 1.29 is 14.6 Å². The lowest BCUT2D eigenvalue weighted by Crippen LogP contribution is -2.04. The highest BCUT2D eigenvalue weighted by Gasteiger charge is 2.13. The third kappa shape index (κ3) is 2.03. The maximum Gasteiger partial charge on any atom is 0.349 e. The van der Waals surface area contributed by atoms with Crippen molar-refractivity contribution in [3.63, 3.8) is 0 Å². The maximum atomic E-state index is 10.8. The Hall–Kier alpha value is -1.89. The summed E-state index contributed by atoms with van der Waals surface area (Å²) in [5.74, 6) is 0.0194. The van der Waals surface area contributed by atoms with Crippen molar-refractivity contribution >= 4 is 17.3 Å². The highest BCUT2D eigenvalue weighted by Crippen LogP contribution is 2.25. The summed E-state index contributed by atoms with van der Waals surface area (Å²) in [6.07, 6.45) is 1.56. The summed E-state index contributed by atoms with van der Waals surface area (Å²) in [4.78, 5) is 11.0. The molecule has 2 heterocycles. The average molecular weight is 239 g/mol. The molecule has 84 valence electrons. The second-order valence-corrected chi connectivity index (χ2v) is 3.98. The van der Waals surface area contributed by atoms with E-state index in [1.807, 2.05) is 0 Å². The summed E-state index contributed by atoms with van der Waals surface area (Å²) < 4.78 is 7.08. The number of hydrogen-bond acceptors (Lipinski definition) is 5. The minimum Gasteiger partial charge on any atom is -0.484 e. The minimum atomic E-state index is -0.983. The van der Waals surface area contributed by atoms with Gasteiger partial charge in [-0.3, -0.25) is 0 Å². The molecule has 0 atom stereocenters. The van der Waals surface area contributed by atoms with Crippen LogP contribution in [-0.4, -0.2) is 25.8 Å². The van der Waals surface area contributed by atoms with Crippen molar-refractivity contribution in [1.82, 2.24) is 14.8 Å². The number of carboxylic acids is 1. The molecule has 0 fully saturated rings. The zero-order chi connectivity index (χ0) is 11.5. The molecule has 0 aliphatic rings. The maximum absolute atomic E-state index is 10.8. The van der Waals surface area contributed by atoms with Gasteiger partial charge in [-0.05, 0) is 11.4 Å². The highest BCUT2D eigenvalue weighted by atomic mass is 32.1. The number of hydrogen-bond donors (Lipinski definition) is 1. The van der Waals surface area contributed by atoms with Gasteiger partial charge in [-0.25, -0.2) is 4.79 Å². The van der Waals surface area contributed by atoms with E-state index in [0.29, 0.717) is 11.6 Å². The van der Waals surface area contributed by atoms with E-state index in [1.54, 1.807) is 29.4 Å². The number of carboxylic acid groups (broad SMARTS) is 1. The Bertz CT molecular complexity index is 506. The molecule has 1 N–H and O–H groups in total. The SMILES string of the molecule is Cn1cnnc1COc1ccsc1C(=O)O. The quantitative estimate of drug-likeness (QED) is 0.866. The molecule has 0 unspecified atom stereocenters. The number of nitrogens with zero attached hydrogens (tertiary/aromatic N) is 3. The van der Waals surface area contributed by atoms with Gasteiger partial charge < -0.3 is 14.4 Å². The van der Waals surface area contributed by atoms with Crippen LogP contribution in [-0.2, 0) is 13.7 Å². The van der Waals surface area contributed by atoms with Crippen LogP contribution in [0.3, 0.4) is 0 Å². The first-order chi connectivity index (χ1) is 7.68. The van der Waals surface area contributed by atoms with Crippen LogP contribution in [0, 0.1) is 0 Å². The number of carbonyl (C=O) groups is 1. The fourth-order valence-corrected chi connectivity index (χ4v) is 1.82. The Balaban J connectivity index is 2.08. The fraction of sp³-hybridized carbons (Fsp3) is 0.222. The van der Waals surface area contributed by atoms with Crippen LogP contribution in [0.15, 0.2) is 17.8 Å². The van der Waals surface area contributed by atoms with E-state index < -0.39 is 5.97 Å². The summed E-state index contributed by atoms with van der Waals surface area (Å²) in [7, 11) is 1.80. The van der Waals surface area contributed by atoms with E-state index in [0.717, 1.165) is 11.3 Å². The van der Waals surface area contributed by atoms with Crippen LogP contribution in [0.25, 0.3) is 0 Å². The van der Waals surface area contributed by atoms with Crippen LogP contribution in [0.5, 0.6) is 5.75 Å². The molecule has 0 spiro atoms. The normalized spacial score (nSPS) is 10.3. The van der Waals surface area contributed by atoms with E-state index >= 15 is 0 Å². The van der Waals surface area contributed by atoms with Crippen LogP contribution in [0.2, 0.25) is 0 Å². The van der Waals surface area contributed by atoms with Gasteiger partial charge in [-0.2, -0.15) is 0 Å². The molecule has 0 amide bonds. The standard InChI is InChI=1S/C9H9N3O3S/c1-12-5-10-11-7(12)4-15-6-2-3-16-8(6)9(13)14/h2-3,5H,4H2,1H3,(H,13,14). The number of thiophene rings is 1. The Labute approximate surface area is 95.1 Å². The molecule has 0 saturated heterocycles. The van der Waals surface area contributed by atoms with Gasteiger partial charge in [0.05, 0.1) is 0 Å². The van der Waals surface area contributed by atoms with Gasteiger partial charge in [0.2, 0.25) is 0 Å². The molecular formula is C9H9N3O3S. The van der Waals surface area contributed by atoms with Gasteiger partial charge in [0.1, 0.15) is 18.7 Å². The summed E-state index contributed by atoms with van der Waals surface area (Å²) in [5, 5.41) is 18.1. The minimum absolute atomic E-state index is 0.196. The topological polar surface area (TPSA) is 77.2 Å². The molecule has 7 heteroatoms. The molecule has 2 aromatic rings. The van der Waals surface area contributed by atoms with Gasteiger partial charge in [0.15, 0.2) is 10.7 Å². The molecule has 2 aromatic heterocycles. The zero-order valence-electron chi connectivity index (χ0n) is 8.45. The number of ether oxygens (including phenoxy) is 1. The van der Waals surface area contributed by atoms with Gasteiger partial charge in [-0.1, -0.05) is 0 Å². The zero-order valence-corrected chi connectivity index (χ0v) is 9.27. The second-order valence-electron chi connectivity index (χ2n) is 3.07. The Morgan fingerprint density at radius 2 is 2.50 bits per heavy atom. The largest absolute Gasteiger partial charge is 0.484 e. The molecule has 0 radical (unpaired) electrons. The Morgan fingerprint density at radius 3 is 3.12 bits per heavy atom. The number of aromatic nitrogens is 3. The fourth-order valence-electron chi connectivity index (χ4n) is 1.15. The predicted octanol–water partition coefficient (Wildman–Crippen LogP) is 1.15. The second kappa shape index (κ2) is 4.31. The highest BCUT2D eigenvalue weighted by molar-refractivity contribution is 7.12. The summed E-state index contributed by atoms with van der Waals surface area (Å²) in [5.41, 5.74) is 0. The molecule has 0 aliphatic heterocycles. The molecule has 2 rings (SSSR count). The third-order valence-electron chi connectivity index (χ3n) is 1.99. The molecule has 0 aliphatic carbocycles. The van der Waals surface area contributed by atoms with Crippen molar-refractivity contribution in [2.45, 2.75) is 6.61 Å². The molecule has 0 aromatic carbocycles. The lowest BCUT2D eigenvalue weighted by molar-refractivity contribution is 0.0697. The van der Waals surface area contributed by atoms with Crippen LogP contribution in [0.4, 0.5) is 0 Å². The average Bonchev–Trinajstić information content (AvgIpc) is 2.83. The van der Waals surface area contributed by atoms with E-state index in [2.05, 4.69) is 10.2 Å². The van der Waals surface area contributed by atoms with Crippen LogP contribution in [0.1, 0.15) is 15.5 Å². The Morgan fingerprint density at radius 1 is 1.69 bits per heavy atom. The Kier molecular flexibility index (Phi) is 2.86. The first kappa shape index (κ1) is 10.6. The van der Waals surface area contributed by atoms with Gasteiger partial charge in [-0.15, -0.1) is 21.5 Å². The van der Waals surface area contributed by atoms with Crippen molar-refractivity contribution in [3.05, 3.63) is 28.5 Å². The van der Waals surface area contributed by atoms with Gasteiger partial charge in [0.25, 0.3) is 0 Å². The van der Waals surface area contributed by atoms with Crippen LogP contribution < -0.4 is 4.74 Å². The molecule has 16 heavy (non-hydrogen) atoms. The van der Waals surface area contributed by atoms with E-state index in [-0.39, 0.29) is 11.5 Å². The first-order valence-electron chi connectivity index (χ1n) is 4.45. The monoisotopic (exact) mass is 239 g/mol. The number of aryl methyl sites for hydroxylation is 1. The van der Waals surface area contributed by atoms with E-state index in [4.69, 9.17) is 9.84 Å². The van der Waals surface area contributed by atoms with Crippen molar-refractivity contribution in [1.29, 1.82) is 0 Å². The van der Waals surface area contributed by atoms with E-state index in [9.17, 15) is 4.79 Å². The smallest absolute Gasteiger partial charge is 0.349 e. The summed E-state index contributed by atoms with van der Waals surface area (Å²) in [6, 6.07) is 1.63. The number of aromatic carboxylic acids is 1.